The van der Waals surface area contributed by atoms with Crippen molar-refractivity contribution in [1.29, 1.82) is 0 Å². The van der Waals surface area contributed by atoms with E-state index in [-0.39, 0.29) is 0 Å². The zero-order chi connectivity index (χ0) is 12.6. The Morgan fingerprint density at radius 1 is 1.11 bits per heavy atom. The molecule has 0 spiro atoms. The highest BCUT2D eigenvalue weighted by atomic mass is 16.5. The zero-order valence-corrected chi connectivity index (χ0v) is 11.5. The van der Waals surface area contributed by atoms with Crippen molar-refractivity contribution in [3.05, 3.63) is 0 Å². The van der Waals surface area contributed by atoms with E-state index >= 15 is 0 Å². The summed E-state index contributed by atoms with van der Waals surface area (Å²) in [6.07, 6.45) is 7.55. The molecule has 1 atom stereocenters. The van der Waals surface area contributed by atoms with E-state index in [1.165, 1.54) is 45.2 Å². The van der Waals surface area contributed by atoms with Crippen LogP contribution in [0.1, 0.15) is 38.5 Å². The molecule has 2 saturated heterocycles. The fourth-order valence-electron chi connectivity index (χ4n) is 2.99. The first-order valence-corrected chi connectivity index (χ1v) is 7.53. The smallest absolute Gasteiger partial charge is 0.0599 e. The van der Waals surface area contributed by atoms with Crippen LogP contribution >= 0.6 is 0 Å². The van der Waals surface area contributed by atoms with Crippen LogP contribution in [0.2, 0.25) is 0 Å². The number of likely N-dealkylation sites (tertiary alicyclic amines) is 1. The largest absolute Gasteiger partial charge is 0.381 e. The van der Waals surface area contributed by atoms with Gasteiger partial charge >= 0.3 is 0 Å². The summed E-state index contributed by atoms with van der Waals surface area (Å²) in [5, 5.41) is 0. The van der Waals surface area contributed by atoms with Gasteiger partial charge in [0.25, 0.3) is 0 Å². The van der Waals surface area contributed by atoms with Gasteiger partial charge in [0.2, 0.25) is 0 Å². The molecule has 1 unspecified atom stereocenters. The highest BCUT2D eigenvalue weighted by Crippen LogP contribution is 2.21. The summed E-state index contributed by atoms with van der Waals surface area (Å²) in [5.74, 6) is 0. The van der Waals surface area contributed by atoms with Crippen LogP contribution in [0.15, 0.2) is 0 Å². The normalized spacial score (nSPS) is 28.2. The molecule has 2 rings (SSSR count). The fraction of sp³-hybridized carbons (Fsp3) is 1.00. The summed E-state index contributed by atoms with van der Waals surface area (Å²) in [6.45, 7) is 5.85. The number of nitrogens with zero attached hydrogens (tertiary/aromatic N) is 1. The molecule has 2 aliphatic heterocycles. The van der Waals surface area contributed by atoms with Crippen LogP contribution < -0.4 is 5.73 Å². The van der Waals surface area contributed by atoms with E-state index in [4.69, 9.17) is 15.2 Å². The van der Waals surface area contributed by atoms with Crippen molar-refractivity contribution in [3.63, 3.8) is 0 Å². The first kappa shape index (κ1) is 14.3. The molecule has 0 aromatic heterocycles. The van der Waals surface area contributed by atoms with Gasteiger partial charge in [-0.3, -0.25) is 0 Å². The molecular weight excluding hydrogens is 228 g/mol. The molecule has 0 saturated carbocycles. The van der Waals surface area contributed by atoms with E-state index in [9.17, 15) is 0 Å². The van der Waals surface area contributed by atoms with Gasteiger partial charge in [-0.15, -0.1) is 0 Å². The molecule has 2 aliphatic rings. The van der Waals surface area contributed by atoms with Crippen LogP contribution in [0, 0.1) is 0 Å². The van der Waals surface area contributed by atoms with E-state index in [2.05, 4.69) is 4.90 Å². The molecule has 0 aromatic carbocycles. The Balaban J connectivity index is 1.65. The Kier molecular flexibility index (Phi) is 6.41. The van der Waals surface area contributed by atoms with Crippen molar-refractivity contribution >= 4 is 0 Å². The van der Waals surface area contributed by atoms with Crippen molar-refractivity contribution in [1.82, 2.24) is 4.90 Å². The highest BCUT2D eigenvalue weighted by Gasteiger charge is 2.25. The topological polar surface area (TPSA) is 47.7 Å². The van der Waals surface area contributed by atoms with Crippen molar-refractivity contribution in [2.45, 2.75) is 50.7 Å². The quantitative estimate of drug-likeness (QED) is 0.755. The summed E-state index contributed by atoms with van der Waals surface area (Å²) in [5.41, 5.74) is 5.48. The van der Waals surface area contributed by atoms with Gasteiger partial charge < -0.3 is 20.1 Å². The molecule has 0 bridgehead atoms. The van der Waals surface area contributed by atoms with Crippen LogP contribution in [-0.4, -0.2) is 56.5 Å². The van der Waals surface area contributed by atoms with Crippen molar-refractivity contribution < 1.29 is 9.47 Å². The lowest BCUT2D eigenvalue weighted by atomic mass is 10.0. The van der Waals surface area contributed by atoms with Crippen LogP contribution in [-0.2, 0) is 9.47 Å². The zero-order valence-electron chi connectivity index (χ0n) is 11.5. The van der Waals surface area contributed by atoms with Crippen molar-refractivity contribution in [3.8, 4) is 0 Å². The minimum Gasteiger partial charge on any atom is -0.381 e. The fourth-order valence-corrected chi connectivity index (χ4v) is 2.99. The summed E-state index contributed by atoms with van der Waals surface area (Å²) in [6, 6.07) is 0.748. The predicted molar refractivity (Wildman–Crippen MR) is 72.7 cm³/mol. The maximum Gasteiger partial charge on any atom is 0.0599 e. The van der Waals surface area contributed by atoms with Gasteiger partial charge in [-0.05, 0) is 45.1 Å². The van der Waals surface area contributed by atoms with Gasteiger partial charge in [-0.25, -0.2) is 0 Å². The number of nitrogens with two attached hydrogens (primary N) is 1. The summed E-state index contributed by atoms with van der Waals surface area (Å²) in [7, 11) is 0. The van der Waals surface area contributed by atoms with E-state index < -0.39 is 0 Å². The standard InChI is InChI=1S/C14H28N2O2/c15-7-2-11-18-14-4-8-16(9-5-14)13-3-1-10-17-12-6-13/h13-14H,1-12,15H2. The number of rotatable bonds is 5. The average molecular weight is 256 g/mol. The molecule has 2 heterocycles. The van der Waals surface area contributed by atoms with Crippen LogP contribution in [0.25, 0.3) is 0 Å². The Morgan fingerprint density at radius 2 is 1.94 bits per heavy atom. The first-order valence-electron chi connectivity index (χ1n) is 7.53. The highest BCUT2D eigenvalue weighted by molar-refractivity contribution is 4.80. The Hall–Kier alpha value is -0.160. The third-order valence-corrected chi connectivity index (χ3v) is 4.12. The molecule has 0 radical (unpaired) electrons. The molecule has 4 heteroatoms. The Morgan fingerprint density at radius 3 is 2.72 bits per heavy atom. The second-order valence-electron chi connectivity index (χ2n) is 5.45. The van der Waals surface area contributed by atoms with Crippen molar-refractivity contribution in [2.75, 3.05) is 39.5 Å². The first-order chi connectivity index (χ1) is 8.90. The number of piperidine rings is 1. The summed E-state index contributed by atoms with van der Waals surface area (Å²) >= 11 is 0. The average Bonchev–Trinajstić information content (AvgIpc) is 2.69. The molecule has 0 aliphatic carbocycles. The predicted octanol–water partition coefficient (Wildman–Crippen LogP) is 1.39. The van der Waals surface area contributed by atoms with Crippen molar-refractivity contribution in [2.24, 2.45) is 5.73 Å². The Labute approximate surface area is 111 Å². The molecule has 106 valence electrons. The van der Waals surface area contributed by atoms with Crippen LogP contribution in [0.3, 0.4) is 0 Å². The molecule has 0 aromatic rings. The van der Waals surface area contributed by atoms with Crippen LogP contribution in [0.5, 0.6) is 0 Å². The third-order valence-electron chi connectivity index (χ3n) is 4.12. The second kappa shape index (κ2) is 8.10. The molecule has 2 N–H and O–H groups in total. The molecular formula is C14H28N2O2. The second-order valence-corrected chi connectivity index (χ2v) is 5.45. The van der Waals surface area contributed by atoms with Gasteiger partial charge in [0.1, 0.15) is 0 Å². The number of hydrogen-bond acceptors (Lipinski definition) is 4. The molecule has 0 amide bonds. The maximum absolute atomic E-state index is 5.85. The summed E-state index contributed by atoms with van der Waals surface area (Å²) in [4.78, 5) is 2.65. The van der Waals surface area contributed by atoms with E-state index in [0.717, 1.165) is 38.8 Å². The van der Waals surface area contributed by atoms with Gasteiger partial charge in [0, 0.05) is 39.0 Å². The van der Waals surface area contributed by atoms with Gasteiger partial charge in [-0.1, -0.05) is 0 Å². The van der Waals surface area contributed by atoms with E-state index in [0.29, 0.717) is 6.10 Å². The lowest BCUT2D eigenvalue weighted by Crippen LogP contribution is -2.43. The minimum atomic E-state index is 0.467. The van der Waals surface area contributed by atoms with E-state index in [1.807, 2.05) is 0 Å². The molecule has 4 nitrogen and oxygen atoms in total. The third kappa shape index (κ3) is 4.50. The lowest BCUT2D eigenvalue weighted by molar-refractivity contribution is -0.00425. The minimum absolute atomic E-state index is 0.467. The lowest BCUT2D eigenvalue weighted by Gasteiger charge is -2.37. The van der Waals surface area contributed by atoms with Gasteiger partial charge in [0.05, 0.1) is 6.10 Å². The van der Waals surface area contributed by atoms with E-state index in [1.54, 1.807) is 0 Å². The monoisotopic (exact) mass is 256 g/mol. The van der Waals surface area contributed by atoms with Crippen LogP contribution in [0.4, 0.5) is 0 Å². The SMILES string of the molecule is NCCCOC1CCN(C2CCCOCC2)CC1. The number of ether oxygens (including phenoxy) is 2. The maximum atomic E-state index is 5.85. The number of hydrogen-bond donors (Lipinski definition) is 1. The Bertz CT molecular complexity index is 210. The summed E-state index contributed by atoms with van der Waals surface area (Å²) < 4.78 is 11.4. The molecule has 18 heavy (non-hydrogen) atoms. The molecule has 2 fully saturated rings. The van der Waals surface area contributed by atoms with Gasteiger partial charge in [-0.2, -0.15) is 0 Å². The van der Waals surface area contributed by atoms with Gasteiger partial charge in [0.15, 0.2) is 0 Å².